The zero-order valence-electron chi connectivity index (χ0n) is 13.3. The van der Waals surface area contributed by atoms with Crippen molar-refractivity contribution < 1.29 is 9.21 Å². The van der Waals surface area contributed by atoms with E-state index < -0.39 is 0 Å². The van der Waals surface area contributed by atoms with Gasteiger partial charge in [0.05, 0.1) is 11.3 Å². The Kier molecular flexibility index (Phi) is 5.11. The molecule has 0 bridgehead atoms. The van der Waals surface area contributed by atoms with E-state index in [4.69, 9.17) is 16.0 Å². The Morgan fingerprint density at radius 1 is 1.21 bits per heavy atom. The molecule has 0 fully saturated rings. The van der Waals surface area contributed by atoms with E-state index in [2.05, 4.69) is 10.3 Å². The molecule has 2 aromatic carbocycles. The van der Waals surface area contributed by atoms with Crippen molar-refractivity contribution in [2.75, 3.05) is 0 Å². The van der Waals surface area contributed by atoms with Crippen molar-refractivity contribution in [2.45, 2.75) is 30.4 Å². The van der Waals surface area contributed by atoms with Crippen LogP contribution in [0.1, 0.15) is 25.5 Å². The summed E-state index contributed by atoms with van der Waals surface area (Å²) >= 11 is 7.23. The highest BCUT2D eigenvalue weighted by Gasteiger charge is 2.20. The Hall–Kier alpha value is -1.98. The van der Waals surface area contributed by atoms with E-state index in [1.807, 2.05) is 44.2 Å². The average Bonchev–Trinajstić information content (AvgIpc) is 2.96. The standard InChI is InChI=1S/C18H17ClN2O2S/c1-11(13-6-4-3-5-7-13)20-17(22)12(2)24-18-21-15-10-14(19)8-9-16(15)23-18/h3-12H,1-2H3,(H,20,22). The molecule has 0 aliphatic heterocycles. The number of aromatic nitrogens is 1. The van der Waals surface area contributed by atoms with Crippen molar-refractivity contribution >= 4 is 40.4 Å². The highest BCUT2D eigenvalue weighted by Crippen LogP contribution is 2.28. The molecule has 2 unspecified atom stereocenters. The summed E-state index contributed by atoms with van der Waals surface area (Å²) in [4.78, 5) is 16.7. The molecule has 1 amide bonds. The molecule has 2 atom stereocenters. The minimum Gasteiger partial charge on any atom is -0.431 e. The number of benzene rings is 2. The molecule has 1 heterocycles. The van der Waals surface area contributed by atoms with Crippen LogP contribution in [0.4, 0.5) is 0 Å². The van der Waals surface area contributed by atoms with Gasteiger partial charge in [-0.15, -0.1) is 0 Å². The SMILES string of the molecule is CC(Sc1nc2cc(Cl)ccc2o1)C(=O)NC(C)c1ccccc1. The van der Waals surface area contributed by atoms with E-state index in [1.54, 1.807) is 18.2 Å². The number of amides is 1. The van der Waals surface area contributed by atoms with E-state index in [-0.39, 0.29) is 17.2 Å². The first-order valence-electron chi connectivity index (χ1n) is 7.61. The van der Waals surface area contributed by atoms with Crippen LogP contribution < -0.4 is 5.32 Å². The van der Waals surface area contributed by atoms with Gasteiger partial charge in [0.1, 0.15) is 5.52 Å². The normalized spacial score (nSPS) is 13.6. The lowest BCUT2D eigenvalue weighted by molar-refractivity contribution is -0.120. The highest BCUT2D eigenvalue weighted by atomic mass is 35.5. The van der Waals surface area contributed by atoms with Crippen LogP contribution in [0.3, 0.4) is 0 Å². The van der Waals surface area contributed by atoms with Gasteiger partial charge in [-0.1, -0.05) is 53.7 Å². The molecule has 24 heavy (non-hydrogen) atoms. The summed E-state index contributed by atoms with van der Waals surface area (Å²) in [7, 11) is 0. The minimum atomic E-state index is -0.320. The van der Waals surface area contributed by atoms with E-state index in [0.29, 0.717) is 21.3 Å². The molecule has 0 saturated carbocycles. The first kappa shape index (κ1) is 16.9. The second-order valence-corrected chi connectivity index (χ2v) is 7.22. The predicted molar refractivity (Wildman–Crippen MR) is 97.3 cm³/mol. The number of thioether (sulfide) groups is 1. The van der Waals surface area contributed by atoms with Crippen molar-refractivity contribution in [2.24, 2.45) is 0 Å². The first-order valence-corrected chi connectivity index (χ1v) is 8.87. The molecule has 0 aliphatic carbocycles. The van der Waals surface area contributed by atoms with Gasteiger partial charge in [-0.25, -0.2) is 4.98 Å². The summed E-state index contributed by atoms with van der Waals surface area (Å²) in [6.07, 6.45) is 0. The molecular weight excluding hydrogens is 344 g/mol. The first-order chi connectivity index (χ1) is 11.5. The third-order valence-electron chi connectivity index (χ3n) is 3.64. The number of hydrogen-bond donors (Lipinski definition) is 1. The summed E-state index contributed by atoms with van der Waals surface area (Å²) < 4.78 is 5.65. The van der Waals surface area contributed by atoms with Gasteiger partial charge in [0.2, 0.25) is 5.91 Å². The molecule has 3 rings (SSSR count). The van der Waals surface area contributed by atoms with E-state index in [1.165, 1.54) is 11.8 Å². The molecule has 0 saturated heterocycles. The number of carbonyl (C=O) groups excluding carboxylic acids is 1. The average molecular weight is 361 g/mol. The molecule has 0 spiro atoms. The van der Waals surface area contributed by atoms with Crippen LogP contribution in [0.15, 0.2) is 58.2 Å². The van der Waals surface area contributed by atoms with Gasteiger partial charge in [0.25, 0.3) is 5.22 Å². The fraction of sp³-hybridized carbons (Fsp3) is 0.222. The Bertz CT molecular complexity index is 851. The van der Waals surface area contributed by atoms with Gasteiger partial charge in [-0.2, -0.15) is 0 Å². The number of carbonyl (C=O) groups is 1. The Morgan fingerprint density at radius 2 is 1.96 bits per heavy atom. The molecule has 1 N–H and O–H groups in total. The lowest BCUT2D eigenvalue weighted by Gasteiger charge is -2.16. The minimum absolute atomic E-state index is 0.0517. The third kappa shape index (κ3) is 3.91. The van der Waals surface area contributed by atoms with Gasteiger partial charge in [-0.05, 0) is 37.6 Å². The topological polar surface area (TPSA) is 55.1 Å². The predicted octanol–water partition coefficient (Wildman–Crippen LogP) is 4.84. The maximum atomic E-state index is 12.4. The molecule has 3 aromatic rings. The van der Waals surface area contributed by atoms with Gasteiger partial charge < -0.3 is 9.73 Å². The molecule has 0 radical (unpaired) electrons. The Morgan fingerprint density at radius 3 is 2.71 bits per heavy atom. The quantitative estimate of drug-likeness (QED) is 0.661. The fourth-order valence-corrected chi connectivity index (χ4v) is 3.22. The van der Waals surface area contributed by atoms with E-state index >= 15 is 0 Å². The lowest BCUT2D eigenvalue weighted by Crippen LogP contribution is -2.33. The molecule has 4 nitrogen and oxygen atoms in total. The molecule has 0 aliphatic rings. The number of rotatable bonds is 5. The number of fused-ring (bicyclic) bond motifs is 1. The summed E-state index contributed by atoms with van der Waals surface area (Å²) in [5.41, 5.74) is 2.42. The van der Waals surface area contributed by atoms with Crippen LogP contribution in [-0.2, 0) is 4.79 Å². The zero-order valence-corrected chi connectivity index (χ0v) is 14.9. The van der Waals surface area contributed by atoms with Crippen molar-refractivity contribution in [1.29, 1.82) is 0 Å². The monoisotopic (exact) mass is 360 g/mol. The van der Waals surface area contributed by atoms with Crippen molar-refractivity contribution in [3.8, 4) is 0 Å². The number of oxazole rings is 1. The summed E-state index contributed by atoms with van der Waals surface area (Å²) in [6.45, 7) is 3.80. The van der Waals surface area contributed by atoms with E-state index in [0.717, 1.165) is 5.56 Å². The maximum Gasteiger partial charge on any atom is 0.257 e. The van der Waals surface area contributed by atoms with Crippen molar-refractivity contribution in [3.63, 3.8) is 0 Å². The van der Waals surface area contributed by atoms with Crippen LogP contribution in [-0.4, -0.2) is 16.1 Å². The summed E-state index contributed by atoms with van der Waals surface area (Å²) in [5, 5.41) is 3.76. The van der Waals surface area contributed by atoms with Crippen LogP contribution in [0.25, 0.3) is 11.1 Å². The van der Waals surface area contributed by atoms with Gasteiger partial charge in [0.15, 0.2) is 5.58 Å². The lowest BCUT2D eigenvalue weighted by atomic mass is 10.1. The number of halogens is 1. The van der Waals surface area contributed by atoms with Crippen molar-refractivity contribution in [3.05, 3.63) is 59.1 Å². The van der Waals surface area contributed by atoms with Crippen LogP contribution >= 0.6 is 23.4 Å². The number of hydrogen-bond acceptors (Lipinski definition) is 4. The largest absolute Gasteiger partial charge is 0.431 e. The van der Waals surface area contributed by atoms with Gasteiger partial charge >= 0.3 is 0 Å². The zero-order chi connectivity index (χ0) is 17.1. The highest BCUT2D eigenvalue weighted by molar-refractivity contribution is 8.00. The Labute approximate surface area is 149 Å². The van der Waals surface area contributed by atoms with Gasteiger partial charge in [-0.3, -0.25) is 4.79 Å². The van der Waals surface area contributed by atoms with Gasteiger partial charge in [0, 0.05) is 5.02 Å². The van der Waals surface area contributed by atoms with Crippen LogP contribution in [0.5, 0.6) is 0 Å². The molecule has 1 aromatic heterocycles. The number of nitrogens with one attached hydrogen (secondary N) is 1. The molecule has 6 heteroatoms. The van der Waals surface area contributed by atoms with Crippen LogP contribution in [0, 0.1) is 0 Å². The molecular formula is C18H17ClN2O2S. The maximum absolute atomic E-state index is 12.4. The van der Waals surface area contributed by atoms with E-state index in [9.17, 15) is 4.79 Å². The smallest absolute Gasteiger partial charge is 0.257 e. The number of nitrogens with zero attached hydrogens (tertiary/aromatic N) is 1. The van der Waals surface area contributed by atoms with Crippen molar-refractivity contribution in [1.82, 2.24) is 10.3 Å². The summed E-state index contributed by atoms with van der Waals surface area (Å²) in [5.74, 6) is -0.0587. The van der Waals surface area contributed by atoms with Crippen LogP contribution in [0.2, 0.25) is 5.02 Å². The second-order valence-electron chi connectivity index (χ2n) is 5.49. The fourth-order valence-electron chi connectivity index (χ4n) is 2.29. The second kappa shape index (κ2) is 7.28. The Balaban J connectivity index is 1.64. The third-order valence-corrected chi connectivity index (χ3v) is 4.81. The molecule has 124 valence electrons. The summed E-state index contributed by atoms with van der Waals surface area (Å²) in [6, 6.07) is 15.1.